The maximum atomic E-state index is 10.1. The van der Waals surface area contributed by atoms with E-state index in [1.165, 1.54) is 0 Å². The number of pyridine rings is 1. The molecule has 0 saturated carbocycles. The van der Waals surface area contributed by atoms with Gasteiger partial charge < -0.3 is 20.5 Å². The first-order valence-electron chi connectivity index (χ1n) is 6.56. The van der Waals surface area contributed by atoms with Gasteiger partial charge in [0.1, 0.15) is 11.9 Å². The first-order chi connectivity index (χ1) is 9.42. The molecule has 20 heavy (non-hydrogen) atoms. The number of ether oxygens (including phenoxy) is 2. The van der Waals surface area contributed by atoms with E-state index in [2.05, 4.69) is 10.3 Å². The van der Waals surface area contributed by atoms with Crippen molar-refractivity contribution >= 4 is 12.2 Å². The molecule has 0 saturated heterocycles. The Morgan fingerprint density at radius 1 is 1.50 bits per heavy atom. The lowest BCUT2D eigenvalue weighted by molar-refractivity contribution is -0.110. The first kappa shape index (κ1) is 16.4. The van der Waals surface area contributed by atoms with E-state index in [1.807, 2.05) is 26.8 Å². The van der Waals surface area contributed by atoms with Crippen molar-refractivity contribution in [2.24, 2.45) is 0 Å². The van der Waals surface area contributed by atoms with Gasteiger partial charge in [0, 0.05) is 12.7 Å². The fourth-order valence-electron chi connectivity index (χ4n) is 1.67. The summed E-state index contributed by atoms with van der Waals surface area (Å²) in [6.45, 7) is 7.25. The van der Waals surface area contributed by atoms with E-state index in [0.717, 1.165) is 5.56 Å². The molecular weight excluding hydrogens is 258 g/mol. The number of nitrogens with one attached hydrogen (secondary N) is 1. The van der Waals surface area contributed by atoms with Crippen LogP contribution in [0.1, 0.15) is 32.4 Å². The smallest absolute Gasteiger partial charge is 0.207 e. The summed E-state index contributed by atoms with van der Waals surface area (Å²) in [6.07, 6.45) is 2.07. The van der Waals surface area contributed by atoms with Crippen LogP contribution in [0.4, 0.5) is 5.82 Å². The van der Waals surface area contributed by atoms with Crippen LogP contribution < -0.4 is 11.1 Å². The fraction of sp³-hybridized carbons (Fsp3) is 0.571. The number of rotatable bonds is 8. The van der Waals surface area contributed by atoms with Gasteiger partial charge in [-0.15, -0.1) is 0 Å². The highest BCUT2D eigenvalue weighted by molar-refractivity contribution is 5.45. The predicted octanol–water partition coefficient (Wildman–Crippen LogP) is 1.28. The molecule has 112 valence electrons. The molecule has 0 bridgehead atoms. The number of amides is 1. The molecule has 1 unspecified atom stereocenters. The maximum absolute atomic E-state index is 10.1. The summed E-state index contributed by atoms with van der Waals surface area (Å²) in [7, 11) is 0. The van der Waals surface area contributed by atoms with Crippen LogP contribution in [0.15, 0.2) is 18.3 Å². The predicted molar refractivity (Wildman–Crippen MR) is 77.1 cm³/mol. The first-order valence-corrected chi connectivity index (χ1v) is 6.56. The number of hydrogen-bond acceptors (Lipinski definition) is 5. The molecule has 0 aliphatic rings. The molecule has 3 N–H and O–H groups in total. The molecular formula is C14H23N3O3. The average Bonchev–Trinajstić information content (AvgIpc) is 2.36. The number of carbonyl (C=O) groups is 1. The van der Waals surface area contributed by atoms with Crippen LogP contribution >= 0.6 is 0 Å². The van der Waals surface area contributed by atoms with Crippen LogP contribution in [-0.2, 0) is 14.3 Å². The van der Waals surface area contributed by atoms with Crippen LogP contribution in [0, 0.1) is 0 Å². The van der Waals surface area contributed by atoms with E-state index < -0.39 is 0 Å². The van der Waals surface area contributed by atoms with Gasteiger partial charge in [0.25, 0.3) is 0 Å². The monoisotopic (exact) mass is 281 g/mol. The number of nitrogens with two attached hydrogens (primary N) is 1. The summed E-state index contributed by atoms with van der Waals surface area (Å²) < 4.78 is 11.5. The Morgan fingerprint density at radius 3 is 2.85 bits per heavy atom. The molecule has 0 fully saturated rings. The van der Waals surface area contributed by atoms with Gasteiger partial charge in [0.05, 0.1) is 18.8 Å². The van der Waals surface area contributed by atoms with Crippen molar-refractivity contribution in [3.63, 3.8) is 0 Å². The van der Waals surface area contributed by atoms with E-state index in [4.69, 9.17) is 15.2 Å². The molecule has 0 radical (unpaired) electrons. The summed E-state index contributed by atoms with van der Waals surface area (Å²) >= 11 is 0. The standard InChI is InChI=1S/C14H23N3O3/c1-14(2,3)20-12(9-19-7-6-16-10-18)11-4-5-17-13(15)8-11/h4-5,8,10,12H,6-7,9H2,1-3H3,(H2,15,17)(H,16,18). The summed E-state index contributed by atoms with van der Waals surface area (Å²) in [4.78, 5) is 14.1. The molecule has 0 aliphatic heterocycles. The Morgan fingerprint density at radius 2 is 2.25 bits per heavy atom. The van der Waals surface area contributed by atoms with Crippen molar-refractivity contribution < 1.29 is 14.3 Å². The minimum atomic E-state index is -0.299. The molecule has 0 aromatic carbocycles. The number of aromatic nitrogens is 1. The highest BCUT2D eigenvalue weighted by atomic mass is 16.5. The van der Waals surface area contributed by atoms with E-state index in [0.29, 0.717) is 32.0 Å². The third-order valence-electron chi connectivity index (χ3n) is 2.42. The van der Waals surface area contributed by atoms with E-state index in [9.17, 15) is 4.79 Å². The van der Waals surface area contributed by atoms with E-state index in [1.54, 1.807) is 12.3 Å². The minimum Gasteiger partial charge on any atom is -0.384 e. The van der Waals surface area contributed by atoms with E-state index in [-0.39, 0.29) is 11.7 Å². The van der Waals surface area contributed by atoms with Gasteiger partial charge in [-0.3, -0.25) is 4.79 Å². The molecule has 1 rings (SSSR count). The zero-order valence-corrected chi connectivity index (χ0v) is 12.3. The topological polar surface area (TPSA) is 86.5 Å². The van der Waals surface area contributed by atoms with Gasteiger partial charge >= 0.3 is 0 Å². The summed E-state index contributed by atoms with van der Waals surface area (Å²) in [5, 5.41) is 2.54. The largest absolute Gasteiger partial charge is 0.384 e. The SMILES string of the molecule is CC(C)(C)OC(COCCNC=O)c1ccnc(N)c1. The Bertz CT molecular complexity index is 418. The normalized spacial score (nSPS) is 12.9. The zero-order valence-electron chi connectivity index (χ0n) is 12.3. The van der Waals surface area contributed by atoms with Gasteiger partial charge in [-0.1, -0.05) is 0 Å². The number of hydrogen-bond donors (Lipinski definition) is 2. The van der Waals surface area contributed by atoms with Gasteiger partial charge in [-0.2, -0.15) is 0 Å². The van der Waals surface area contributed by atoms with Crippen LogP contribution in [-0.4, -0.2) is 36.8 Å². The third kappa shape index (κ3) is 6.49. The fourth-order valence-corrected chi connectivity index (χ4v) is 1.67. The molecule has 1 aromatic heterocycles. The summed E-state index contributed by atoms with van der Waals surface area (Å²) in [5.74, 6) is 0.452. The minimum absolute atomic E-state index is 0.225. The molecule has 1 atom stereocenters. The van der Waals surface area contributed by atoms with Crippen LogP contribution in [0.5, 0.6) is 0 Å². The highest BCUT2D eigenvalue weighted by Gasteiger charge is 2.21. The van der Waals surface area contributed by atoms with Gasteiger partial charge in [-0.05, 0) is 38.5 Å². The van der Waals surface area contributed by atoms with Crippen LogP contribution in [0.3, 0.4) is 0 Å². The molecule has 1 heterocycles. The molecule has 6 nitrogen and oxygen atoms in total. The number of nitrogens with zero attached hydrogens (tertiary/aromatic N) is 1. The van der Waals surface area contributed by atoms with Crippen molar-refractivity contribution in [1.29, 1.82) is 0 Å². The third-order valence-corrected chi connectivity index (χ3v) is 2.42. The molecule has 6 heteroatoms. The zero-order chi connectivity index (χ0) is 15.0. The van der Waals surface area contributed by atoms with Crippen LogP contribution in [0.2, 0.25) is 0 Å². The Balaban J connectivity index is 2.63. The molecule has 1 amide bonds. The Hall–Kier alpha value is -1.66. The lowest BCUT2D eigenvalue weighted by Crippen LogP contribution is -2.26. The van der Waals surface area contributed by atoms with Crippen molar-refractivity contribution in [2.75, 3.05) is 25.5 Å². The van der Waals surface area contributed by atoms with Gasteiger partial charge in [0.2, 0.25) is 6.41 Å². The maximum Gasteiger partial charge on any atom is 0.207 e. The number of anilines is 1. The average molecular weight is 281 g/mol. The molecule has 1 aromatic rings. The van der Waals surface area contributed by atoms with Crippen molar-refractivity contribution in [1.82, 2.24) is 10.3 Å². The molecule has 0 spiro atoms. The summed E-state index contributed by atoms with van der Waals surface area (Å²) in [6, 6.07) is 3.64. The van der Waals surface area contributed by atoms with Crippen molar-refractivity contribution in [3.05, 3.63) is 23.9 Å². The lowest BCUT2D eigenvalue weighted by Gasteiger charge is -2.28. The second-order valence-electron chi connectivity index (χ2n) is 5.38. The Labute approximate surface area is 119 Å². The molecule has 0 aliphatic carbocycles. The second kappa shape index (κ2) is 7.81. The van der Waals surface area contributed by atoms with Crippen molar-refractivity contribution in [2.45, 2.75) is 32.5 Å². The number of nitrogen functional groups attached to an aromatic ring is 1. The lowest BCUT2D eigenvalue weighted by atomic mass is 10.1. The van der Waals surface area contributed by atoms with E-state index >= 15 is 0 Å². The van der Waals surface area contributed by atoms with Gasteiger partial charge in [0.15, 0.2) is 0 Å². The number of carbonyl (C=O) groups excluding carboxylic acids is 1. The Kier molecular flexibility index (Phi) is 6.41. The highest BCUT2D eigenvalue weighted by Crippen LogP contribution is 2.24. The summed E-state index contributed by atoms with van der Waals surface area (Å²) in [5.41, 5.74) is 6.33. The quantitative estimate of drug-likeness (QED) is 0.554. The van der Waals surface area contributed by atoms with Crippen LogP contribution in [0.25, 0.3) is 0 Å². The second-order valence-corrected chi connectivity index (χ2v) is 5.38. The van der Waals surface area contributed by atoms with Gasteiger partial charge in [-0.25, -0.2) is 4.98 Å². The van der Waals surface area contributed by atoms with Crippen molar-refractivity contribution in [3.8, 4) is 0 Å².